The molecular formula is C14H12BrClN2O. The number of hydrogen-bond acceptors (Lipinski definition) is 2. The summed E-state index contributed by atoms with van der Waals surface area (Å²) in [5, 5.41) is 3.30. The molecule has 0 aliphatic heterocycles. The van der Waals surface area contributed by atoms with Crippen LogP contribution in [0.2, 0.25) is 5.02 Å². The van der Waals surface area contributed by atoms with Crippen LogP contribution >= 0.6 is 27.5 Å². The zero-order valence-electron chi connectivity index (χ0n) is 10.2. The summed E-state index contributed by atoms with van der Waals surface area (Å²) in [6.07, 6.45) is 1.70. The summed E-state index contributed by atoms with van der Waals surface area (Å²) >= 11 is 9.35. The first-order valence-corrected chi connectivity index (χ1v) is 6.92. The van der Waals surface area contributed by atoms with Crippen LogP contribution in [-0.4, -0.2) is 10.9 Å². The second-order valence-electron chi connectivity index (χ2n) is 4.07. The maximum Gasteiger partial charge on any atom is 0.253 e. The van der Waals surface area contributed by atoms with Gasteiger partial charge in [-0.05, 0) is 37.3 Å². The highest BCUT2D eigenvalue weighted by Crippen LogP contribution is 2.21. The molecule has 3 nitrogen and oxygen atoms in total. The SMILES string of the molecule is C[C@@H](NC(=O)c1cc(Br)ccc1Cl)c1ccccn1. The Morgan fingerprint density at radius 3 is 2.84 bits per heavy atom. The molecule has 1 aromatic carbocycles. The van der Waals surface area contributed by atoms with Crippen LogP contribution < -0.4 is 5.32 Å². The molecule has 1 aromatic heterocycles. The summed E-state index contributed by atoms with van der Waals surface area (Å²) in [4.78, 5) is 16.4. The smallest absolute Gasteiger partial charge is 0.253 e. The maximum atomic E-state index is 12.2. The fraction of sp³-hybridized carbons (Fsp3) is 0.143. The van der Waals surface area contributed by atoms with E-state index in [0.717, 1.165) is 10.2 Å². The van der Waals surface area contributed by atoms with Gasteiger partial charge in [0.1, 0.15) is 0 Å². The van der Waals surface area contributed by atoms with Crippen molar-refractivity contribution in [3.63, 3.8) is 0 Å². The van der Waals surface area contributed by atoms with E-state index in [1.165, 1.54) is 0 Å². The van der Waals surface area contributed by atoms with Gasteiger partial charge < -0.3 is 5.32 Å². The predicted molar refractivity (Wildman–Crippen MR) is 79.3 cm³/mol. The minimum Gasteiger partial charge on any atom is -0.344 e. The van der Waals surface area contributed by atoms with Crippen LogP contribution in [0, 0.1) is 0 Å². The number of benzene rings is 1. The summed E-state index contributed by atoms with van der Waals surface area (Å²) in [6.45, 7) is 1.88. The number of hydrogen-bond donors (Lipinski definition) is 1. The molecule has 1 atom stereocenters. The summed E-state index contributed by atoms with van der Waals surface area (Å²) in [7, 11) is 0. The normalized spacial score (nSPS) is 11.9. The average molecular weight is 340 g/mol. The molecule has 2 aromatic rings. The lowest BCUT2D eigenvalue weighted by Gasteiger charge is -2.14. The topological polar surface area (TPSA) is 42.0 Å². The van der Waals surface area contributed by atoms with E-state index in [-0.39, 0.29) is 11.9 Å². The number of carbonyl (C=O) groups excluding carboxylic acids is 1. The molecular weight excluding hydrogens is 328 g/mol. The highest BCUT2D eigenvalue weighted by Gasteiger charge is 2.15. The van der Waals surface area contributed by atoms with Crippen molar-refractivity contribution in [2.75, 3.05) is 0 Å². The van der Waals surface area contributed by atoms with Crippen LogP contribution in [0.4, 0.5) is 0 Å². The third kappa shape index (κ3) is 3.55. The molecule has 2 rings (SSSR count). The van der Waals surface area contributed by atoms with Crippen LogP contribution in [-0.2, 0) is 0 Å². The number of aromatic nitrogens is 1. The molecule has 0 bridgehead atoms. The predicted octanol–water partition coefficient (Wildman–Crippen LogP) is 3.99. The summed E-state index contributed by atoms with van der Waals surface area (Å²) in [5.41, 5.74) is 1.25. The lowest BCUT2D eigenvalue weighted by atomic mass is 10.1. The molecule has 0 fully saturated rings. The van der Waals surface area contributed by atoms with E-state index < -0.39 is 0 Å². The third-order valence-corrected chi connectivity index (χ3v) is 3.47. The quantitative estimate of drug-likeness (QED) is 0.918. The zero-order valence-corrected chi connectivity index (χ0v) is 12.6. The van der Waals surface area contributed by atoms with Crippen LogP contribution in [0.15, 0.2) is 47.1 Å². The molecule has 0 saturated carbocycles. The molecule has 0 radical (unpaired) electrons. The zero-order chi connectivity index (χ0) is 13.8. The Labute approximate surface area is 125 Å². The highest BCUT2D eigenvalue weighted by molar-refractivity contribution is 9.10. The third-order valence-electron chi connectivity index (χ3n) is 2.65. The van der Waals surface area contributed by atoms with Crippen molar-refractivity contribution < 1.29 is 4.79 Å². The van der Waals surface area contributed by atoms with Gasteiger partial charge in [-0.2, -0.15) is 0 Å². The first-order valence-electron chi connectivity index (χ1n) is 5.75. The van der Waals surface area contributed by atoms with Gasteiger partial charge in [-0.3, -0.25) is 9.78 Å². The number of nitrogens with zero attached hydrogens (tertiary/aromatic N) is 1. The van der Waals surface area contributed by atoms with Gasteiger partial charge >= 0.3 is 0 Å². The Kier molecular flexibility index (Phi) is 4.56. The van der Waals surface area contributed by atoms with Gasteiger partial charge in [-0.25, -0.2) is 0 Å². The maximum absolute atomic E-state index is 12.2. The molecule has 1 heterocycles. The van der Waals surface area contributed by atoms with Crippen molar-refractivity contribution in [2.45, 2.75) is 13.0 Å². The second kappa shape index (κ2) is 6.17. The Bertz CT molecular complexity index is 589. The Balaban J connectivity index is 2.15. The lowest BCUT2D eigenvalue weighted by Crippen LogP contribution is -2.27. The van der Waals surface area contributed by atoms with Crippen molar-refractivity contribution in [2.24, 2.45) is 0 Å². The van der Waals surface area contributed by atoms with Gasteiger partial charge in [0.2, 0.25) is 0 Å². The fourth-order valence-corrected chi connectivity index (χ4v) is 2.22. The number of rotatable bonds is 3. The van der Waals surface area contributed by atoms with Crippen LogP contribution in [0.1, 0.15) is 29.0 Å². The van der Waals surface area contributed by atoms with E-state index in [1.807, 2.05) is 25.1 Å². The lowest BCUT2D eigenvalue weighted by molar-refractivity contribution is 0.0939. The van der Waals surface area contributed by atoms with E-state index in [0.29, 0.717) is 10.6 Å². The van der Waals surface area contributed by atoms with Crippen molar-refractivity contribution in [3.8, 4) is 0 Å². The molecule has 19 heavy (non-hydrogen) atoms. The van der Waals surface area contributed by atoms with E-state index >= 15 is 0 Å². The van der Waals surface area contributed by atoms with Gasteiger partial charge in [0, 0.05) is 10.7 Å². The van der Waals surface area contributed by atoms with Crippen molar-refractivity contribution >= 4 is 33.4 Å². The minimum absolute atomic E-state index is 0.177. The van der Waals surface area contributed by atoms with E-state index in [2.05, 4.69) is 26.2 Å². The monoisotopic (exact) mass is 338 g/mol. The van der Waals surface area contributed by atoms with Crippen molar-refractivity contribution in [1.82, 2.24) is 10.3 Å². The van der Waals surface area contributed by atoms with Crippen LogP contribution in [0.5, 0.6) is 0 Å². The number of halogens is 2. The second-order valence-corrected chi connectivity index (χ2v) is 5.40. The van der Waals surface area contributed by atoms with Crippen LogP contribution in [0.25, 0.3) is 0 Å². The summed E-state index contributed by atoms with van der Waals surface area (Å²) in [6, 6.07) is 10.6. The van der Waals surface area contributed by atoms with Gasteiger partial charge in [0.05, 0.1) is 22.3 Å². The summed E-state index contributed by atoms with van der Waals surface area (Å²) < 4.78 is 0.813. The van der Waals surface area contributed by atoms with Crippen LogP contribution in [0.3, 0.4) is 0 Å². The molecule has 5 heteroatoms. The minimum atomic E-state index is -0.218. The Morgan fingerprint density at radius 1 is 1.37 bits per heavy atom. The molecule has 0 saturated heterocycles. The number of amides is 1. The Morgan fingerprint density at radius 2 is 2.16 bits per heavy atom. The first-order chi connectivity index (χ1) is 9.08. The average Bonchev–Trinajstić information content (AvgIpc) is 2.42. The standard InChI is InChI=1S/C14H12BrClN2O/c1-9(13-4-2-3-7-17-13)18-14(19)11-8-10(15)5-6-12(11)16/h2-9H,1H3,(H,18,19)/t9-/m1/s1. The van der Waals surface area contributed by atoms with Gasteiger partial charge in [0.25, 0.3) is 5.91 Å². The van der Waals surface area contributed by atoms with E-state index in [1.54, 1.807) is 24.4 Å². The number of nitrogens with one attached hydrogen (secondary N) is 1. The van der Waals surface area contributed by atoms with E-state index in [4.69, 9.17) is 11.6 Å². The molecule has 0 unspecified atom stereocenters. The molecule has 0 aliphatic rings. The van der Waals surface area contributed by atoms with Gasteiger partial charge in [-0.15, -0.1) is 0 Å². The number of carbonyl (C=O) groups is 1. The largest absolute Gasteiger partial charge is 0.344 e. The molecule has 1 amide bonds. The first kappa shape index (κ1) is 14.0. The van der Waals surface area contributed by atoms with E-state index in [9.17, 15) is 4.79 Å². The van der Waals surface area contributed by atoms with Crippen molar-refractivity contribution in [1.29, 1.82) is 0 Å². The van der Waals surface area contributed by atoms with Gasteiger partial charge in [-0.1, -0.05) is 33.6 Å². The van der Waals surface area contributed by atoms with Gasteiger partial charge in [0.15, 0.2) is 0 Å². The molecule has 98 valence electrons. The van der Waals surface area contributed by atoms with Crippen molar-refractivity contribution in [3.05, 3.63) is 63.3 Å². The molecule has 0 aliphatic carbocycles. The fourth-order valence-electron chi connectivity index (χ4n) is 1.65. The highest BCUT2D eigenvalue weighted by atomic mass is 79.9. The number of pyridine rings is 1. The Hall–Kier alpha value is -1.39. The molecule has 0 spiro atoms. The summed E-state index contributed by atoms with van der Waals surface area (Å²) in [5.74, 6) is -0.218. The molecule has 1 N–H and O–H groups in total.